The highest BCUT2D eigenvalue weighted by Gasteiger charge is 2.17. The molecule has 0 aromatic carbocycles. The number of imidazole rings is 1. The molecular weight excluding hydrogens is 252 g/mol. The van der Waals surface area contributed by atoms with E-state index in [1.54, 1.807) is 31.4 Å². The second-order valence-corrected chi connectivity index (χ2v) is 5.35. The predicted octanol–water partition coefficient (Wildman–Crippen LogP) is 1.98. The van der Waals surface area contributed by atoms with Crippen LogP contribution < -0.4 is 0 Å². The van der Waals surface area contributed by atoms with Gasteiger partial charge >= 0.3 is 0 Å². The lowest BCUT2D eigenvalue weighted by atomic mass is 10.0. The fourth-order valence-corrected chi connectivity index (χ4v) is 2.62. The van der Waals surface area contributed by atoms with Crippen LogP contribution in [0.5, 0.6) is 0 Å². The number of fused-ring (bicyclic) bond motifs is 1. The number of pyridine rings is 1. The molecule has 0 spiro atoms. The Labute approximate surface area is 118 Å². The molecule has 0 bridgehead atoms. The third kappa shape index (κ3) is 2.19. The van der Waals surface area contributed by atoms with Crippen molar-refractivity contribution in [3.63, 3.8) is 0 Å². The predicted molar refractivity (Wildman–Crippen MR) is 76.4 cm³/mol. The molecule has 2 aromatic rings. The molecule has 0 saturated heterocycles. The van der Waals surface area contributed by atoms with Crippen LogP contribution in [-0.2, 0) is 13.0 Å². The van der Waals surface area contributed by atoms with Gasteiger partial charge in [0, 0.05) is 44.3 Å². The quantitative estimate of drug-likeness (QED) is 0.838. The lowest BCUT2D eigenvalue weighted by molar-refractivity contribution is 0.0827. The summed E-state index contributed by atoms with van der Waals surface area (Å²) in [6.07, 6.45) is 8.73. The van der Waals surface area contributed by atoms with Crippen molar-refractivity contribution in [1.82, 2.24) is 19.4 Å². The molecule has 5 heteroatoms. The molecule has 3 rings (SSSR count). The number of carbonyl (C=O) groups excluding carboxylic acids is 1. The monoisotopic (exact) mass is 270 g/mol. The molecule has 0 saturated carbocycles. The second-order valence-electron chi connectivity index (χ2n) is 5.35. The highest BCUT2D eigenvalue weighted by Crippen LogP contribution is 2.26. The average molecular weight is 270 g/mol. The average Bonchev–Trinajstić information content (AvgIpc) is 2.90. The van der Waals surface area contributed by atoms with Gasteiger partial charge in [0.2, 0.25) is 0 Å². The van der Waals surface area contributed by atoms with E-state index in [0.29, 0.717) is 5.56 Å². The van der Waals surface area contributed by atoms with E-state index >= 15 is 0 Å². The fraction of sp³-hybridized carbons (Fsp3) is 0.400. The van der Waals surface area contributed by atoms with E-state index in [1.807, 2.05) is 12.4 Å². The zero-order valence-electron chi connectivity index (χ0n) is 11.8. The SMILES string of the molecule is CN(C)C(=O)c1cncc(-c2ncn3c2CCCC3)c1. The van der Waals surface area contributed by atoms with Crippen LogP contribution >= 0.6 is 0 Å². The first-order valence-electron chi connectivity index (χ1n) is 6.88. The summed E-state index contributed by atoms with van der Waals surface area (Å²) in [7, 11) is 3.49. The van der Waals surface area contributed by atoms with Gasteiger partial charge in [-0.15, -0.1) is 0 Å². The molecule has 0 atom stereocenters. The number of hydrogen-bond acceptors (Lipinski definition) is 3. The van der Waals surface area contributed by atoms with Crippen LogP contribution in [-0.4, -0.2) is 39.4 Å². The van der Waals surface area contributed by atoms with Crippen molar-refractivity contribution < 1.29 is 4.79 Å². The molecule has 2 aromatic heterocycles. The Kier molecular flexibility index (Phi) is 3.26. The maximum atomic E-state index is 12.0. The minimum atomic E-state index is -0.0348. The summed E-state index contributed by atoms with van der Waals surface area (Å²) in [6, 6.07) is 1.88. The van der Waals surface area contributed by atoms with Crippen molar-refractivity contribution in [2.75, 3.05) is 14.1 Å². The van der Waals surface area contributed by atoms with Crippen LogP contribution in [0.25, 0.3) is 11.3 Å². The van der Waals surface area contributed by atoms with Crippen LogP contribution in [0.1, 0.15) is 28.9 Å². The van der Waals surface area contributed by atoms with Crippen molar-refractivity contribution in [3.05, 3.63) is 36.0 Å². The second kappa shape index (κ2) is 5.07. The van der Waals surface area contributed by atoms with Crippen molar-refractivity contribution >= 4 is 5.91 Å². The largest absolute Gasteiger partial charge is 0.345 e. The smallest absolute Gasteiger partial charge is 0.254 e. The van der Waals surface area contributed by atoms with E-state index < -0.39 is 0 Å². The standard InChI is InChI=1S/C15H18N4O/c1-18(2)15(20)12-7-11(8-16-9-12)14-13-5-3-4-6-19(13)10-17-14/h7-10H,3-6H2,1-2H3. The number of aryl methyl sites for hydroxylation is 1. The molecular formula is C15H18N4O. The minimum Gasteiger partial charge on any atom is -0.345 e. The Balaban J connectivity index is 2.01. The Morgan fingerprint density at radius 3 is 2.95 bits per heavy atom. The molecule has 1 aliphatic rings. The van der Waals surface area contributed by atoms with Crippen molar-refractivity contribution in [3.8, 4) is 11.3 Å². The van der Waals surface area contributed by atoms with Crippen LogP contribution in [0.3, 0.4) is 0 Å². The van der Waals surface area contributed by atoms with Crippen molar-refractivity contribution in [2.45, 2.75) is 25.8 Å². The summed E-state index contributed by atoms with van der Waals surface area (Å²) in [5.74, 6) is -0.0348. The molecule has 104 valence electrons. The highest BCUT2D eigenvalue weighted by molar-refractivity contribution is 5.94. The fourth-order valence-electron chi connectivity index (χ4n) is 2.62. The van der Waals surface area contributed by atoms with Crippen LogP contribution in [0.4, 0.5) is 0 Å². The first-order valence-corrected chi connectivity index (χ1v) is 6.88. The van der Waals surface area contributed by atoms with Gasteiger partial charge in [-0.1, -0.05) is 0 Å². The van der Waals surface area contributed by atoms with Crippen LogP contribution in [0, 0.1) is 0 Å². The number of hydrogen-bond donors (Lipinski definition) is 0. The summed E-state index contributed by atoms with van der Waals surface area (Å²) in [5, 5.41) is 0. The van der Waals surface area contributed by atoms with Gasteiger partial charge in [-0.05, 0) is 25.3 Å². The zero-order valence-corrected chi connectivity index (χ0v) is 11.8. The van der Waals surface area contributed by atoms with Crippen molar-refractivity contribution in [1.29, 1.82) is 0 Å². The highest BCUT2D eigenvalue weighted by atomic mass is 16.2. The van der Waals surface area contributed by atoms with E-state index in [4.69, 9.17) is 0 Å². The Bertz CT molecular complexity index is 645. The van der Waals surface area contributed by atoms with E-state index in [2.05, 4.69) is 14.5 Å². The molecule has 0 unspecified atom stereocenters. The Morgan fingerprint density at radius 2 is 2.15 bits per heavy atom. The molecule has 0 fully saturated rings. The minimum absolute atomic E-state index is 0.0348. The number of carbonyl (C=O) groups is 1. The van der Waals surface area contributed by atoms with E-state index in [1.165, 1.54) is 18.5 Å². The molecule has 0 N–H and O–H groups in total. The van der Waals surface area contributed by atoms with Crippen LogP contribution in [0.2, 0.25) is 0 Å². The van der Waals surface area contributed by atoms with Gasteiger partial charge in [-0.3, -0.25) is 9.78 Å². The molecule has 0 aliphatic carbocycles. The summed E-state index contributed by atoms with van der Waals surface area (Å²) < 4.78 is 2.21. The number of nitrogens with zero attached hydrogens (tertiary/aromatic N) is 4. The van der Waals surface area contributed by atoms with Gasteiger partial charge in [-0.25, -0.2) is 4.98 Å². The Hall–Kier alpha value is -2.17. The molecule has 1 amide bonds. The number of rotatable bonds is 2. The van der Waals surface area contributed by atoms with E-state index in [0.717, 1.165) is 24.2 Å². The summed E-state index contributed by atoms with van der Waals surface area (Å²) >= 11 is 0. The van der Waals surface area contributed by atoms with Gasteiger partial charge in [0.1, 0.15) is 0 Å². The lowest BCUT2D eigenvalue weighted by Crippen LogP contribution is -2.21. The number of amides is 1. The van der Waals surface area contributed by atoms with E-state index in [-0.39, 0.29) is 5.91 Å². The number of aromatic nitrogens is 3. The lowest BCUT2D eigenvalue weighted by Gasteiger charge is -2.15. The summed E-state index contributed by atoms with van der Waals surface area (Å²) in [6.45, 7) is 1.03. The maximum absolute atomic E-state index is 12.0. The van der Waals surface area contributed by atoms with E-state index in [9.17, 15) is 4.79 Å². The van der Waals surface area contributed by atoms with Gasteiger partial charge in [0.15, 0.2) is 0 Å². The van der Waals surface area contributed by atoms with Gasteiger partial charge in [0.25, 0.3) is 5.91 Å². The topological polar surface area (TPSA) is 51.0 Å². The van der Waals surface area contributed by atoms with Gasteiger partial charge < -0.3 is 9.47 Å². The summed E-state index contributed by atoms with van der Waals surface area (Å²) in [4.78, 5) is 22.3. The normalized spacial score (nSPS) is 13.9. The first kappa shape index (κ1) is 12.8. The first-order chi connectivity index (χ1) is 9.66. The molecule has 5 nitrogen and oxygen atoms in total. The molecule has 0 radical (unpaired) electrons. The van der Waals surface area contributed by atoms with Gasteiger partial charge in [0.05, 0.1) is 17.6 Å². The molecule has 3 heterocycles. The zero-order chi connectivity index (χ0) is 14.1. The maximum Gasteiger partial charge on any atom is 0.254 e. The molecule has 20 heavy (non-hydrogen) atoms. The van der Waals surface area contributed by atoms with Crippen LogP contribution in [0.15, 0.2) is 24.8 Å². The Morgan fingerprint density at radius 1 is 1.30 bits per heavy atom. The van der Waals surface area contributed by atoms with Gasteiger partial charge in [-0.2, -0.15) is 0 Å². The third-order valence-electron chi connectivity index (χ3n) is 3.67. The third-order valence-corrected chi connectivity index (χ3v) is 3.67. The van der Waals surface area contributed by atoms with Crippen molar-refractivity contribution in [2.24, 2.45) is 0 Å². The summed E-state index contributed by atoms with van der Waals surface area (Å²) in [5.41, 5.74) is 3.75. The molecule has 1 aliphatic heterocycles.